The lowest BCUT2D eigenvalue weighted by atomic mass is 9.95. The largest absolute Gasteiger partial charge is 0.494 e. The van der Waals surface area contributed by atoms with Crippen LogP contribution in [-0.4, -0.2) is 42.8 Å². The Morgan fingerprint density at radius 2 is 1.89 bits per heavy atom. The molecule has 0 spiro atoms. The minimum atomic E-state index is -0.673. The van der Waals surface area contributed by atoms with Crippen molar-refractivity contribution in [1.82, 2.24) is 9.55 Å². The summed E-state index contributed by atoms with van der Waals surface area (Å²) >= 11 is 4.25. The van der Waals surface area contributed by atoms with Gasteiger partial charge in [0.2, 0.25) is 0 Å². The lowest BCUT2D eigenvalue weighted by Gasteiger charge is -2.25. The second-order valence-electron chi connectivity index (χ2n) is 10.1. The molecule has 1 atom stereocenters. The Hall–Kier alpha value is -4.13. The highest BCUT2D eigenvalue weighted by Gasteiger charge is 2.33. The van der Waals surface area contributed by atoms with Crippen LogP contribution in [0.4, 0.5) is 5.69 Å². The first-order valence-corrected chi connectivity index (χ1v) is 16.5. The molecule has 3 aromatic heterocycles. The number of anilines is 1. The van der Waals surface area contributed by atoms with E-state index in [9.17, 15) is 9.59 Å². The number of hydrogen-bond donors (Lipinski definition) is 0. The van der Waals surface area contributed by atoms with Crippen LogP contribution in [0.2, 0.25) is 0 Å². The number of hydrogen-bond acceptors (Lipinski definition) is 11. The maximum atomic E-state index is 13.9. The van der Waals surface area contributed by atoms with Gasteiger partial charge in [0.25, 0.3) is 5.56 Å². The first-order chi connectivity index (χ1) is 21.2. The second-order valence-corrected chi connectivity index (χ2v) is 13.4. The fraction of sp³-hybridized carbons (Fsp3) is 0.250. The average Bonchev–Trinajstić information content (AvgIpc) is 3.69. The van der Waals surface area contributed by atoms with Crippen LogP contribution in [0, 0.1) is 0 Å². The van der Waals surface area contributed by atoms with Gasteiger partial charge < -0.3 is 18.8 Å². The van der Waals surface area contributed by atoms with Crippen molar-refractivity contribution in [1.29, 1.82) is 0 Å². The molecule has 0 saturated heterocycles. The molecule has 6 rings (SSSR count). The number of thiazole rings is 2. The molecular formula is C32H30N4O5S3. The predicted molar refractivity (Wildman–Crippen MR) is 175 cm³/mol. The van der Waals surface area contributed by atoms with Gasteiger partial charge in [-0.3, -0.25) is 9.36 Å². The second kappa shape index (κ2) is 12.5. The highest BCUT2D eigenvalue weighted by molar-refractivity contribution is 8.01. The van der Waals surface area contributed by atoms with Crippen LogP contribution in [0.25, 0.3) is 16.3 Å². The third-order valence-electron chi connectivity index (χ3n) is 6.96. The fourth-order valence-corrected chi connectivity index (χ4v) is 7.95. The molecule has 9 nitrogen and oxygen atoms in total. The van der Waals surface area contributed by atoms with Crippen molar-refractivity contribution in [3.8, 4) is 5.75 Å². The maximum absolute atomic E-state index is 13.9. The van der Waals surface area contributed by atoms with E-state index in [4.69, 9.17) is 18.9 Å². The Labute approximate surface area is 265 Å². The Balaban J connectivity index is 1.34. The summed E-state index contributed by atoms with van der Waals surface area (Å²) in [4.78, 5) is 38.9. The molecule has 44 heavy (non-hydrogen) atoms. The first-order valence-electron chi connectivity index (χ1n) is 14.0. The van der Waals surface area contributed by atoms with Crippen LogP contribution >= 0.6 is 34.4 Å². The molecule has 1 aliphatic rings. The fourth-order valence-electron chi connectivity index (χ4n) is 4.93. The van der Waals surface area contributed by atoms with Gasteiger partial charge >= 0.3 is 5.97 Å². The quantitative estimate of drug-likeness (QED) is 0.191. The van der Waals surface area contributed by atoms with E-state index < -0.39 is 12.0 Å². The maximum Gasteiger partial charge on any atom is 0.338 e. The number of nitrogens with zero attached hydrogens (tertiary/aromatic N) is 4. The van der Waals surface area contributed by atoms with Gasteiger partial charge in [-0.15, -0.1) is 11.3 Å². The summed E-state index contributed by atoms with van der Waals surface area (Å²) in [5, 5.41) is 0.660. The summed E-state index contributed by atoms with van der Waals surface area (Å²) < 4.78 is 21.0. The number of aromatic nitrogens is 2. The SMILES string of the molecule is CCOC(=O)C1=C(C)N=c2s/c(=C\c3ccc(Sc4nc5ccc(OCC)cc5s4)o3)c(=O)n2[C@@H]1c1ccc(N(C)C)cc1. The summed E-state index contributed by atoms with van der Waals surface area (Å²) in [6, 6.07) is 16.7. The average molecular weight is 647 g/mol. The Kier molecular flexibility index (Phi) is 8.48. The molecule has 12 heteroatoms. The molecule has 1 aliphatic heterocycles. The van der Waals surface area contributed by atoms with Crippen LogP contribution < -0.4 is 24.5 Å². The Morgan fingerprint density at radius 3 is 2.61 bits per heavy atom. The van der Waals surface area contributed by atoms with Gasteiger partial charge in [-0.05, 0) is 80.6 Å². The summed E-state index contributed by atoms with van der Waals surface area (Å²) in [6.45, 7) is 6.32. The lowest BCUT2D eigenvalue weighted by molar-refractivity contribution is -0.139. The standard InChI is InChI=1S/C32H30N4O5S3/c1-6-39-21-12-14-23-24(16-21)43-32(34-23)44-26-15-13-22(41-26)17-25-29(37)36-28(19-8-10-20(11-9-19)35(4)5)27(30(38)40-7-2)18(3)33-31(36)42-25/h8-17,28H,6-7H2,1-5H3/b25-17-/t28-/m1/s1. The molecule has 0 bridgehead atoms. The predicted octanol–water partition coefficient (Wildman–Crippen LogP) is 5.62. The molecule has 0 unspecified atom stereocenters. The monoisotopic (exact) mass is 646 g/mol. The van der Waals surface area contributed by atoms with Gasteiger partial charge in [-0.2, -0.15) is 0 Å². The number of allylic oxidation sites excluding steroid dienone is 1. The van der Waals surface area contributed by atoms with Crippen molar-refractivity contribution in [3.63, 3.8) is 0 Å². The number of benzene rings is 2. The Bertz CT molecular complexity index is 2070. The molecule has 0 fully saturated rings. The molecule has 5 aromatic rings. The molecule has 0 amide bonds. The normalized spacial score (nSPS) is 14.9. The zero-order valence-electron chi connectivity index (χ0n) is 24.8. The van der Waals surface area contributed by atoms with Gasteiger partial charge in [0.1, 0.15) is 11.5 Å². The van der Waals surface area contributed by atoms with E-state index in [2.05, 4.69) is 4.99 Å². The third-order valence-corrected chi connectivity index (χ3v) is 9.94. The summed E-state index contributed by atoms with van der Waals surface area (Å²) in [6.07, 6.45) is 1.72. The molecule has 4 heterocycles. The third kappa shape index (κ3) is 5.84. The van der Waals surface area contributed by atoms with Crippen LogP contribution in [0.15, 0.2) is 89.5 Å². The van der Waals surface area contributed by atoms with Crippen LogP contribution in [0.1, 0.15) is 38.1 Å². The van der Waals surface area contributed by atoms with Crippen molar-refractivity contribution >= 4 is 62.4 Å². The molecule has 0 aliphatic carbocycles. The van der Waals surface area contributed by atoms with Crippen LogP contribution in [0.3, 0.4) is 0 Å². The van der Waals surface area contributed by atoms with Crippen molar-refractivity contribution in [2.75, 3.05) is 32.2 Å². The van der Waals surface area contributed by atoms with E-state index in [1.165, 1.54) is 23.1 Å². The summed E-state index contributed by atoms with van der Waals surface area (Å²) in [5.74, 6) is 0.867. The molecule has 2 aromatic carbocycles. The smallest absolute Gasteiger partial charge is 0.338 e. The number of ether oxygens (including phenoxy) is 2. The van der Waals surface area contributed by atoms with E-state index in [1.807, 2.05) is 80.5 Å². The summed E-state index contributed by atoms with van der Waals surface area (Å²) in [7, 11) is 3.92. The first kappa shape index (κ1) is 29.9. The summed E-state index contributed by atoms with van der Waals surface area (Å²) in [5.41, 5.74) is 3.32. The van der Waals surface area contributed by atoms with Gasteiger partial charge in [0, 0.05) is 25.9 Å². The van der Waals surface area contributed by atoms with E-state index in [1.54, 1.807) is 35.8 Å². The molecule has 0 N–H and O–H groups in total. The number of fused-ring (bicyclic) bond motifs is 2. The van der Waals surface area contributed by atoms with Crippen molar-refractivity contribution in [3.05, 3.63) is 96.9 Å². The van der Waals surface area contributed by atoms with Gasteiger partial charge in [0.15, 0.2) is 14.2 Å². The van der Waals surface area contributed by atoms with Crippen molar-refractivity contribution < 1.29 is 18.7 Å². The zero-order chi connectivity index (χ0) is 31.0. The van der Waals surface area contributed by atoms with Gasteiger partial charge in [-0.1, -0.05) is 23.5 Å². The van der Waals surface area contributed by atoms with Gasteiger partial charge in [0.05, 0.1) is 45.3 Å². The zero-order valence-corrected chi connectivity index (χ0v) is 27.3. The number of furan rings is 1. The Morgan fingerprint density at radius 1 is 1.09 bits per heavy atom. The van der Waals surface area contributed by atoms with E-state index in [0.717, 1.165) is 31.6 Å². The van der Waals surface area contributed by atoms with Crippen molar-refractivity contribution in [2.24, 2.45) is 4.99 Å². The minimum Gasteiger partial charge on any atom is -0.494 e. The number of carbonyl (C=O) groups excluding carboxylic acids is 1. The lowest BCUT2D eigenvalue weighted by Crippen LogP contribution is -2.39. The molecule has 0 radical (unpaired) electrons. The molecular weight excluding hydrogens is 617 g/mol. The van der Waals surface area contributed by atoms with Gasteiger partial charge in [-0.25, -0.2) is 14.8 Å². The van der Waals surface area contributed by atoms with Crippen molar-refractivity contribution in [2.45, 2.75) is 36.2 Å². The highest BCUT2D eigenvalue weighted by atomic mass is 32.2. The van der Waals surface area contributed by atoms with Crippen LogP contribution in [-0.2, 0) is 9.53 Å². The van der Waals surface area contributed by atoms with E-state index >= 15 is 0 Å². The highest BCUT2D eigenvalue weighted by Crippen LogP contribution is 2.37. The topological polar surface area (TPSA) is 99.2 Å². The minimum absolute atomic E-state index is 0.219. The van der Waals surface area contributed by atoms with Crippen LogP contribution in [0.5, 0.6) is 5.75 Å². The molecule has 226 valence electrons. The van der Waals surface area contributed by atoms with E-state index in [0.29, 0.717) is 38.1 Å². The number of esters is 1. The number of rotatable bonds is 9. The molecule has 0 saturated carbocycles. The number of carbonyl (C=O) groups is 1. The van der Waals surface area contributed by atoms with E-state index in [-0.39, 0.29) is 12.2 Å².